The van der Waals surface area contributed by atoms with E-state index in [9.17, 15) is 24.3 Å². The van der Waals surface area contributed by atoms with Crippen molar-refractivity contribution in [1.82, 2.24) is 0 Å². The molecule has 4 N–H and O–H groups in total. The van der Waals surface area contributed by atoms with Crippen LogP contribution in [-0.2, 0) is 23.9 Å². The van der Waals surface area contributed by atoms with Crippen molar-refractivity contribution in [1.29, 1.82) is 0 Å². The van der Waals surface area contributed by atoms with Crippen LogP contribution in [-0.4, -0.2) is 68.0 Å². The van der Waals surface area contributed by atoms with Crippen molar-refractivity contribution in [2.75, 3.05) is 11.5 Å². The van der Waals surface area contributed by atoms with Gasteiger partial charge in [-0.2, -0.15) is 11.8 Å². The lowest BCUT2D eigenvalue weighted by molar-refractivity contribution is -0.183. The molecule has 0 heterocycles. The van der Waals surface area contributed by atoms with Crippen LogP contribution in [0.1, 0.15) is 26.2 Å². The van der Waals surface area contributed by atoms with E-state index in [0.29, 0.717) is 5.75 Å². The van der Waals surface area contributed by atoms with Gasteiger partial charge < -0.3 is 25.2 Å². The van der Waals surface area contributed by atoms with Gasteiger partial charge in [0.05, 0.1) is 6.42 Å². The summed E-state index contributed by atoms with van der Waals surface area (Å²) in [6.45, 7) is 1.96. The van der Waals surface area contributed by atoms with E-state index in [1.54, 1.807) is 0 Å². The average Bonchev–Trinajstić information content (AvgIpc) is 2.46. The fraction of sp³-hybridized carbons (Fsp3) is 0.692. The Balaban J connectivity index is 4.72. The van der Waals surface area contributed by atoms with Crippen LogP contribution in [0.5, 0.6) is 0 Å². The zero-order valence-corrected chi connectivity index (χ0v) is 13.3. The summed E-state index contributed by atoms with van der Waals surface area (Å²) in [6.07, 6.45) is -3.07. The van der Waals surface area contributed by atoms with Crippen LogP contribution in [0, 0.1) is 5.92 Å². The molecule has 0 bridgehead atoms. The second kappa shape index (κ2) is 11.0. The average molecular weight is 352 g/mol. The number of aliphatic carboxylic acids is 3. The van der Waals surface area contributed by atoms with Crippen molar-refractivity contribution < 1.29 is 44.3 Å². The summed E-state index contributed by atoms with van der Waals surface area (Å²) in [5, 5.41) is 35.9. The predicted octanol–water partition coefficient (Wildman–Crippen LogP) is 0.0525. The quantitative estimate of drug-likeness (QED) is 0.203. The van der Waals surface area contributed by atoms with Gasteiger partial charge in [-0.05, 0) is 12.2 Å². The van der Waals surface area contributed by atoms with E-state index in [2.05, 4.69) is 0 Å². The fourth-order valence-electron chi connectivity index (χ4n) is 1.48. The van der Waals surface area contributed by atoms with Crippen LogP contribution in [0.25, 0.3) is 0 Å². The number of aliphatic hydroxyl groups excluding tert-OH is 1. The normalized spacial score (nSPS) is 14.7. The summed E-state index contributed by atoms with van der Waals surface area (Å²) in [7, 11) is 0. The molecular weight excluding hydrogens is 332 g/mol. The highest BCUT2D eigenvalue weighted by Crippen LogP contribution is 2.14. The van der Waals surface area contributed by atoms with Crippen molar-refractivity contribution in [3.05, 3.63) is 0 Å². The Bertz CT molecular complexity index is 437. The number of unbranched alkanes of at least 4 members (excludes halogenated alkanes) is 1. The predicted molar refractivity (Wildman–Crippen MR) is 79.1 cm³/mol. The number of carboxylic acids is 3. The Labute approximate surface area is 136 Å². The van der Waals surface area contributed by atoms with Gasteiger partial charge in [0.15, 0.2) is 6.10 Å². The third-order valence-electron chi connectivity index (χ3n) is 2.74. The summed E-state index contributed by atoms with van der Waals surface area (Å²) in [5.74, 6) is -7.45. The molecule has 0 aromatic carbocycles. The number of carbonyl (C=O) groups excluding carboxylic acids is 1. The van der Waals surface area contributed by atoms with Crippen molar-refractivity contribution in [2.24, 2.45) is 5.92 Å². The minimum absolute atomic E-state index is 0.0314. The lowest BCUT2D eigenvalue weighted by atomic mass is 10.00. The number of ketones is 1. The second-order valence-electron chi connectivity index (χ2n) is 4.63. The van der Waals surface area contributed by atoms with Crippen LogP contribution in [0.4, 0.5) is 0 Å². The minimum atomic E-state index is -2.32. The molecule has 0 saturated heterocycles. The third kappa shape index (κ3) is 8.53. The van der Waals surface area contributed by atoms with Crippen molar-refractivity contribution >= 4 is 35.5 Å². The molecule has 0 radical (unpaired) electrons. The van der Waals surface area contributed by atoms with E-state index in [4.69, 9.17) is 20.1 Å². The molecule has 0 aliphatic carbocycles. The summed E-state index contributed by atoms with van der Waals surface area (Å²) in [6, 6.07) is 0. The number of carboxylic acid groups (broad SMARTS) is 3. The standard InChI is InChI=1S/C13H20O9S/c1-2-3-4-23-6-8(12(19)20)22-13(21)10(16)7(11(17)18)5-9(14)15/h7-8,13,21H,2-6H2,1H3,(H,14,15)(H,17,18)(H,19,20). The van der Waals surface area contributed by atoms with Gasteiger partial charge in [0.2, 0.25) is 12.1 Å². The topological polar surface area (TPSA) is 158 Å². The number of thioether (sulfide) groups is 1. The van der Waals surface area contributed by atoms with Crippen LogP contribution in [0.3, 0.4) is 0 Å². The number of hydrogen-bond acceptors (Lipinski definition) is 7. The van der Waals surface area contributed by atoms with Crippen LogP contribution >= 0.6 is 11.8 Å². The Morgan fingerprint density at radius 2 is 1.70 bits per heavy atom. The maximum atomic E-state index is 11.7. The summed E-state index contributed by atoms with van der Waals surface area (Å²) >= 11 is 1.25. The molecule has 0 aromatic rings. The first-order valence-electron chi connectivity index (χ1n) is 6.83. The highest BCUT2D eigenvalue weighted by atomic mass is 32.2. The number of carbonyl (C=O) groups is 4. The molecular formula is C13H20O9S. The molecule has 10 heteroatoms. The second-order valence-corrected chi connectivity index (χ2v) is 5.78. The monoisotopic (exact) mass is 352 g/mol. The molecule has 0 rings (SSSR count). The van der Waals surface area contributed by atoms with E-state index in [-0.39, 0.29) is 5.75 Å². The van der Waals surface area contributed by atoms with Crippen molar-refractivity contribution in [3.8, 4) is 0 Å². The van der Waals surface area contributed by atoms with Crippen molar-refractivity contribution in [3.63, 3.8) is 0 Å². The van der Waals surface area contributed by atoms with Gasteiger partial charge in [-0.3, -0.25) is 14.4 Å². The Morgan fingerprint density at radius 3 is 2.13 bits per heavy atom. The van der Waals surface area contributed by atoms with Crippen LogP contribution in [0.15, 0.2) is 0 Å². The fourth-order valence-corrected chi connectivity index (χ4v) is 2.58. The Hall–Kier alpha value is -1.65. The van der Waals surface area contributed by atoms with Gasteiger partial charge in [-0.1, -0.05) is 13.3 Å². The van der Waals surface area contributed by atoms with E-state index in [0.717, 1.165) is 12.8 Å². The molecule has 0 aliphatic rings. The van der Waals surface area contributed by atoms with E-state index < -0.39 is 48.4 Å². The van der Waals surface area contributed by atoms with Gasteiger partial charge in [0.25, 0.3) is 0 Å². The minimum Gasteiger partial charge on any atom is -0.481 e. The molecule has 23 heavy (non-hydrogen) atoms. The lowest BCUT2D eigenvalue weighted by Gasteiger charge is -2.19. The number of rotatable bonds is 13. The smallest absolute Gasteiger partial charge is 0.333 e. The molecule has 3 unspecified atom stereocenters. The van der Waals surface area contributed by atoms with E-state index in [1.807, 2.05) is 6.92 Å². The molecule has 0 amide bonds. The number of ether oxygens (including phenoxy) is 1. The molecule has 3 atom stereocenters. The summed E-state index contributed by atoms with van der Waals surface area (Å²) < 4.78 is 4.70. The number of aliphatic hydroxyl groups is 1. The molecule has 0 saturated carbocycles. The van der Waals surface area contributed by atoms with Crippen LogP contribution < -0.4 is 0 Å². The maximum absolute atomic E-state index is 11.7. The highest BCUT2D eigenvalue weighted by Gasteiger charge is 2.36. The molecule has 0 spiro atoms. The maximum Gasteiger partial charge on any atom is 0.333 e. The molecule has 9 nitrogen and oxygen atoms in total. The van der Waals surface area contributed by atoms with Gasteiger partial charge in [0, 0.05) is 5.75 Å². The Kier molecular flexibility index (Phi) is 10.2. The summed E-state index contributed by atoms with van der Waals surface area (Å²) in [5.41, 5.74) is 0. The third-order valence-corrected chi connectivity index (χ3v) is 3.86. The first kappa shape index (κ1) is 21.4. The summed E-state index contributed by atoms with van der Waals surface area (Å²) in [4.78, 5) is 44.2. The first-order chi connectivity index (χ1) is 10.7. The highest BCUT2D eigenvalue weighted by molar-refractivity contribution is 7.99. The van der Waals surface area contributed by atoms with Gasteiger partial charge in [0.1, 0.15) is 5.92 Å². The number of hydrogen-bond donors (Lipinski definition) is 4. The van der Waals surface area contributed by atoms with Gasteiger partial charge in [-0.15, -0.1) is 0 Å². The zero-order chi connectivity index (χ0) is 18.0. The number of Topliss-reactive ketones (excluding diaryl/α,β-unsaturated/α-hetero) is 1. The van der Waals surface area contributed by atoms with Crippen LogP contribution in [0.2, 0.25) is 0 Å². The SMILES string of the molecule is CCCCSCC(OC(O)C(=O)C(CC(=O)O)C(=O)O)C(=O)O. The van der Waals surface area contributed by atoms with Gasteiger partial charge >= 0.3 is 17.9 Å². The zero-order valence-electron chi connectivity index (χ0n) is 12.5. The van der Waals surface area contributed by atoms with Gasteiger partial charge in [-0.25, -0.2) is 4.79 Å². The molecule has 0 aliphatic heterocycles. The lowest BCUT2D eigenvalue weighted by Crippen LogP contribution is -2.41. The first-order valence-corrected chi connectivity index (χ1v) is 7.98. The molecule has 132 valence electrons. The Morgan fingerprint density at radius 1 is 1.09 bits per heavy atom. The van der Waals surface area contributed by atoms with Crippen molar-refractivity contribution in [2.45, 2.75) is 38.6 Å². The molecule has 0 aromatic heterocycles. The largest absolute Gasteiger partial charge is 0.481 e. The van der Waals surface area contributed by atoms with E-state index >= 15 is 0 Å². The molecule has 0 fully saturated rings. The van der Waals surface area contributed by atoms with E-state index in [1.165, 1.54) is 11.8 Å².